The summed E-state index contributed by atoms with van der Waals surface area (Å²) >= 11 is 1.49. The summed E-state index contributed by atoms with van der Waals surface area (Å²) < 4.78 is 1.50. The molecule has 0 atom stereocenters. The van der Waals surface area contributed by atoms with E-state index in [0.717, 1.165) is 67.1 Å². The summed E-state index contributed by atoms with van der Waals surface area (Å²) in [5.74, 6) is -0.124. The minimum absolute atomic E-state index is 0.0183. The molecule has 0 spiro atoms. The molecule has 2 fully saturated rings. The predicted octanol–water partition coefficient (Wildman–Crippen LogP) is 3.57. The van der Waals surface area contributed by atoms with E-state index in [2.05, 4.69) is 15.2 Å². The average molecular weight is 438 g/mol. The monoisotopic (exact) mass is 437 g/mol. The lowest BCUT2D eigenvalue weighted by atomic mass is 9.95. The van der Waals surface area contributed by atoms with E-state index in [1.54, 1.807) is 0 Å². The molecule has 8 heteroatoms. The van der Waals surface area contributed by atoms with Gasteiger partial charge in [-0.15, -0.1) is 0 Å². The van der Waals surface area contributed by atoms with E-state index in [4.69, 9.17) is 4.98 Å². The predicted molar refractivity (Wildman–Crippen MR) is 124 cm³/mol. The highest BCUT2D eigenvalue weighted by Crippen LogP contribution is 2.34. The Morgan fingerprint density at radius 2 is 1.77 bits per heavy atom. The summed E-state index contributed by atoms with van der Waals surface area (Å²) in [6, 6.07) is 9.89. The van der Waals surface area contributed by atoms with Crippen LogP contribution in [0.4, 0.5) is 5.13 Å². The fraction of sp³-hybridized carbons (Fsp3) is 0.478. The minimum atomic E-state index is -0.401. The first kappa shape index (κ1) is 20.2. The van der Waals surface area contributed by atoms with Crippen LogP contribution < -0.4 is 15.9 Å². The second-order valence-electron chi connectivity index (χ2n) is 8.44. The summed E-state index contributed by atoms with van der Waals surface area (Å²) in [6.07, 6.45) is 7.86. The number of amides is 1. The Hall–Kier alpha value is -2.74. The van der Waals surface area contributed by atoms with Crippen molar-refractivity contribution in [1.82, 2.24) is 19.9 Å². The Morgan fingerprint density at radius 1 is 1.03 bits per heavy atom. The lowest BCUT2D eigenvalue weighted by Gasteiger charge is -2.22. The molecule has 0 bridgehead atoms. The van der Waals surface area contributed by atoms with Gasteiger partial charge in [-0.1, -0.05) is 60.9 Å². The SMILES string of the molecule is O=C(Cn1c(=O)nc(-c2ccccc2)c2nc(N3CCCC3)sc21)NC1CCCCC1. The third kappa shape index (κ3) is 4.21. The molecule has 1 saturated carbocycles. The average Bonchev–Trinajstić information content (AvgIpc) is 3.47. The van der Waals surface area contributed by atoms with Crippen molar-refractivity contribution in [1.29, 1.82) is 0 Å². The quantitative estimate of drug-likeness (QED) is 0.660. The first-order valence-electron chi connectivity index (χ1n) is 11.2. The van der Waals surface area contributed by atoms with Gasteiger partial charge in [0.1, 0.15) is 22.6 Å². The van der Waals surface area contributed by atoms with Crippen molar-refractivity contribution in [2.75, 3.05) is 18.0 Å². The number of aromatic nitrogens is 3. The van der Waals surface area contributed by atoms with E-state index in [1.807, 2.05) is 30.3 Å². The van der Waals surface area contributed by atoms with E-state index < -0.39 is 5.69 Å². The zero-order valence-corrected chi connectivity index (χ0v) is 18.4. The lowest BCUT2D eigenvalue weighted by molar-refractivity contribution is -0.122. The van der Waals surface area contributed by atoms with Crippen LogP contribution in [-0.2, 0) is 11.3 Å². The van der Waals surface area contributed by atoms with Crippen molar-refractivity contribution in [3.63, 3.8) is 0 Å². The molecule has 5 rings (SSSR count). The van der Waals surface area contributed by atoms with E-state index in [-0.39, 0.29) is 18.5 Å². The van der Waals surface area contributed by atoms with E-state index in [1.165, 1.54) is 22.3 Å². The molecule has 3 aromatic rings. The number of fused-ring (bicyclic) bond motifs is 1. The third-order valence-corrected chi connectivity index (χ3v) is 7.34. The summed E-state index contributed by atoms with van der Waals surface area (Å²) in [5, 5.41) is 4.02. The molecule has 31 heavy (non-hydrogen) atoms. The van der Waals surface area contributed by atoms with Crippen LogP contribution in [0.3, 0.4) is 0 Å². The molecule has 1 aliphatic heterocycles. The lowest BCUT2D eigenvalue weighted by Crippen LogP contribution is -2.40. The molecule has 1 aliphatic carbocycles. The van der Waals surface area contributed by atoms with Crippen LogP contribution in [0.15, 0.2) is 35.1 Å². The molecular formula is C23H27N5O2S. The molecule has 0 unspecified atom stereocenters. The van der Waals surface area contributed by atoms with Gasteiger partial charge in [-0.3, -0.25) is 9.36 Å². The van der Waals surface area contributed by atoms with Crippen LogP contribution in [0, 0.1) is 0 Å². The summed E-state index contributed by atoms with van der Waals surface area (Å²) in [6.45, 7) is 1.93. The largest absolute Gasteiger partial charge is 0.352 e. The molecule has 162 valence electrons. The second-order valence-corrected chi connectivity index (χ2v) is 9.40. The number of carbonyl (C=O) groups is 1. The Morgan fingerprint density at radius 3 is 2.52 bits per heavy atom. The Bertz CT molecular complexity index is 1130. The van der Waals surface area contributed by atoms with Crippen molar-refractivity contribution in [3.8, 4) is 11.3 Å². The number of nitrogens with zero attached hydrogens (tertiary/aromatic N) is 4. The van der Waals surface area contributed by atoms with Gasteiger partial charge in [0.25, 0.3) is 0 Å². The highest BCUT2D eigenvalue weighted by Gasteiger charge is 2.23. The smallest absolute Gasteiger partial charge is 0.349 e. The molecule has 1 N–H and O–H groups in total. The minimum Gasteiger partial charge on any atom is -0.352 e. The van der Waals surface area contributed by atoms with Crippen molar-refractivity contribution in [2.24, 2.45) is 0 Å². The van der Waals surface area contributed by atoms with Crippen LogP contribution in [-0.4, -0.2) is 39.6 Å². The van der Waals surface area contributed by atoms with Crippen molar-refractivity contribution < 1.29 is 4.79 Å². The van der Waals surface area contributed by atoms with Gasteiger partial charge in [0.2, 0.25) is 5.91 Å². The van der Waals surface area contributed by atoms with Crippen molar-refractivity contribution in [2.45, 2.75) is 57.5 Å². The summed E-state index contributed by atoms with van der Waals surface area (Å²) in [7, 11) is 0. The van der Waals surface area contributed by atoms with Gasteiger partial charge >= 0.3 is 5.69 Å². The van der Waals surface area contributed by atoms with Crippen LogP contribution in [0.2, 0.25) is 0 Å². The third-order valence-electron chi connectivity index (χ3n) is 6.20. The van der Waals surface area contributed by atoms with E-state index >= 15 is 0 Å². The van der Waals surface area contributed by atoms with Gasteiger partial charge in [0.05, 0.1) is 0 Å². The van der Waals surface area contributed by atoms with Gasteiger partial charge in [-0.2, -0.15) is 4.98 Å². The van der Waals surface area contributed by atoms with Crippen LogP contribution in [0.5, 0.6) is 0 Å². The van der Waals surface area contributed by atoms with Gasteiger partial charge in [-0.25, -0.2) is 9.78 Å². The summed E-state index contributed by atoms with van der Waals surface area (Å²) in [5.41, 5.74) is 1.75. The highest BCUT2D eigenvalue weighted by atomic mass is 32.1. The van der Waals surface area contributed by atoms with E-state index in [9.17, 15) is 9.59 Å². The first-order chi connectivity index (χ1) is 15.2. The van der Waals surface area contributed by atoms with Gasteiger partial charge < -0.3 is 10.2 Å². The fourth-order valence-electron chi connectivity index (χ4n) is 4.58. The van der Waals surface area contributed by atoms with Gasteiger partial charge in [0.15, 0.2) is 5.13 Å². The number of carbonyl (C=O) groups excluding carboxylic acids is 1. The zero-order valence-electron chi connectivity index (χ0n) is 17.5. The van der Waals surface area contributed by atoms with Crippen LogP contribution in [0.25, 0.3) is 21.6 Å². The highest BCUT2D eigenvalue weighted by molar-refractivity contribution is 7.22. The number of anilines is 1. The molecule has 7 nitrogen and oxygen atoms in total. The molecule has 0 radical (unpaired) electrons. The van der Waals surface area contributed by atoms with Crippen molar-refractivity contribution >= 4 is 32.7 Å². The standard InChI is InChI=1S/C23H27N5O2S/c29-18(24-17-11-5-2-6-12-17)15-28-21-20(26-23(31-21)27-13-7-8-14-27)19(25-22(28)30)16-9-3-1-4-10-16/h1,3-4,9-10,17H,2,5-8,11-15H2,(H,24,29). The van der Waals surface area contributed by atoms with Crippen LogP contribution >= 0.6 is 11.3 Å². The van der Waals surface area contributed by atoms with Crippen LogP contribution in [0.1, 0.15) is 44.9 Å². The maximum absolute atomic E-state index is 13.0. The molecule has 1 amide bonds. The summed E-state index contributed by atoms with van der Waals surface area (Å²) in [4.78, 5) is 38.0. The number of rotatable bonds is 5. The number of hydrogen-bond acceptors (Lipinski definition) is 6. The second kappa shape index (κ2) is 8.78. The Balaban J connectivity index is 1.53. The molecule has 1 saturated heterocycles. The number of nitrogens with one attached hydrogen (secondary N) is 1. The topological polar surface area (TPSA) is 80.1 Å². The fourth-order valence-corrected chi connectivity index (χ4v) is 5.69. The first-order valence-corrected chi connectivity index (χ1v) is 12.0. The number of thiazole rings is 1. The molecule has 2 aromatic heterocycles. The molecule has 2 aliphatic rings. The zero-order chi connectivity index (χ0) is 21.2. The van der Waals surface area contributed by atoms with Gasteiger partial charge in [0, 0.05) is 24.7 Å². The number of benzene rings is 1. The van der Waals surface area contributed by atoms with Crippen molar-refractivity contribution in [3.05, 3.63) is 40.8 Å². The van der Waals surface area contributed by atoms with E-state index in [0.29, 0.717) is 11.2 Å². The Kier molecular flexibility index (Phi) is 5.72. The maximum Gasteiger partial charge on any atom is 0.349 e. The maximum atomic E-state index is 13.0. The number of hydrogen-bond donors (Lipinski definition) is 1. The molecule has 3 heterocycles. The molecule has 1 aromatic carbocycles. The Labute approximate surface area is 185 Å². The molecular weight excluding hydrogens is 410 g/mol. The normalized spacial score (nSPS) is 17.4. The van der Waals surface area contributed by atoms with Gasteiger partial charge in [-0.05, 0) is 25.7 Å².